The van der Waals surface area contributed by atoms with Crippen LogP contribution in [0.15, 0.2) is 29.1 Å². The number of nitrogens with zero attached hydrogens (tertiary/aromatic N) is 1. The number of rotatable bonds is 5. The van der Waals surface area contributed by atoms with Crippen molar-refractivity contribution in [2.24, 2.45) is 0 Å². The molecule has 1 aromatic heterocycles. The smallest absolute Gasteiger partial charge is 0.258 e. The third-order valence-electron chi connectivity index (χ3n) is 4.10. The fourth-order valence-electron chi connectivity index (χ4n) is 2.65. The third kappa shape index (κ3) is 2.60. The second kappa shape index (κ2) is 5.58. The van der Waals surface area contributed by atoms with Crippen molar-refractivity contribution in [3.05, 3.63) is 40.4 Å². The molecular formula is C15H19N3OS. The van der Waals surface area contributed by atoms with E-state index in [-0.39, 0.29) is 5.56 Å². The van der Waals surface area contributed by atoms with Crippen molar-refractivity contribution in [3.63, 3.8) is 0 Å². The summed E-state index contributed by atoms with van der Waals surface area (Å²) in [5.41, 5.74) is 0.701. The number of nitrogens with one attached hydrogen (secondary N) is 2. The van der Waals surface area contributed by atoms with Gasteiger partial charge >= 0.3 is 0 Å². The van der Waals surface area contributed by atoms with Gasteiger partial charge < -0.3 is 10.3 Å². The summed E-state index contributed by atoms with van der Waals surface area (Å²) in [6.45, 7) is 1.59. The predicted molar refractivity (Wildman–Crippen MR) is 84.2 cm³/mol. The Kier molecular flexibility index (Phi) is 3.81. The molecule has 1 aliphatic rings. The lowest BCUT2D eigenvalue weighted by Crippen LogP contribution is -2.43. The molecule has 3 rings (SSSR count). The molecule has 1 saturated carbocycles. The van der Waals surface area contributed by atoms with Crippen LogP contribution < -0.4 is 10.9 Å². The molecule has 0 atom stereocenters. The summed E-state index contributed by atoms with van der Waals surface area (Å²) in [6, 6.07) is 7.44. The average molecular weight is 289 g/mol. The molecule has 0 saturated heterocycles. The van der Waals surface area contributed by atoms with Gasteiger partial charge in [0.2, 0.25) is 0 Å². The Morgan fingerprint density at radius 3 is 2.90 bits per heavy atom. The van der Waals surface area contributed by atoms with Crippen LogP contribution in [0.3, 0.4) is 0 Å². The van der Waals surface area contributed by atoms with Gasteiger partial charge in [-0.1, -0.05) is 18.6 Å². The van der Waals surface area contributed by atoms with Crippen LogP contribution in [0.4, 0.5) is 0 Å². The Labute approximate surface area is 122 Å². The van der Waals surface area contributed by atoms with Gasteiger partial charge in [0.25, 0.3) is 5.56 Å². The van der Waals surface area contributed by atoms with Gasteiger partial charge in [0.05, 0.1) is 17.4 Å². The fourth-order valence-corrected chi connectivity index (χ4v) is 3.59. The van der Waals surface area contributed by atoms with E-state index in [1.807, 2.05) is 30.0 Å². The van der Waals surface area contributed by atoms with Gasteiger partial charge in [-0.15, -0.1) is 0 Å². The minimum atomic E-state index is -0.0596. The van der Waals surface area contributed by atoms with Crippen LogP contribution in [0.25, 0.3) is 10.9 Å². The lowest BCUT2D eigenvalue weighted by molar-refractivity contribution is 0.344. The van der Waals surface area contributed by atoms with Crippen molar-refractivity contribution in [3.8, 4) is 0 Å². The zero-order valence-electron chi connectivity index (χ0n) is 11.6. The topological polar surface area (TPSA) is 57.8 Å². The van der Waals surface area contributed by atoms with Crippen LogP contribution in [0, 0.1) is 0 Å². The van der Waals surface area contributed by atoms with E-state index in [1.165, 1.54) is 19.3 Å². The fraction of sp³-hybridized carbons (Fsp3) is 0.467. The average Bonchev–Trinajstić information content (AvgIpc) is 2.42. The Balaban J connectivity index is 1.70. The molecule has 106 valence electrons. The van der Waals surface area contributed by atoms with Gasteiger partial charge in [0, 0.05) is 11.3 Å². The molecule has 0 radical (unpaired) electrons. The van der Waals surface area contributed by atoms with Crippen molar-refractivity contribution in [1.29, 1.82) is 0 Å². The number of hydrogen-bond acceptors (Lipinski definition) is 4. The largest absolute Gasteiger partial charge is 0.309 e. The van der Waals surface area contributed by atoms with Gasteiger partial charge in [-0.2, -0.15) is 11.8 Å². The molecule has 5 heteroatoms. The van der Waals surface area contributed by atoms with E-state index in [0.29, 0.717) is 22.5 Å². The SMILES string of the molecule is CSC1(CNCc2nc3ccccc3c(=O)[nH]2)CCC1. The zero-order chi connectivity index (χ0) is 14.0. The minimum Gasteiger partial charge on any atom is -0.309 e. The number of para-hydroxylation sites is 1. The maximum atomic E-state index is 12.0. The number of aromatic amines is 1. The van der Waals surface area contributed by atoms with E-state index in [2.05, 4.69) is 21.5 Å². The minimum absolute atomic E-state index is 0.0596. The van der Waals surface area contributed by atoms with Gasteiger partial charge in [0.15, 0.2) is 0 Å². The molecule has 1 aliphatic carbocycles. The lowest BCUT2D eigenvalue weighted by atomic mass is 9.84. The molecule has 20 heavy (non-hydrogen) atoms. The van der Waals surface area contributed by atoms with Gasteiger partial charge in [-0.3, -0.25) is 4.79 Å². The summed E-state index contributed by atoms with van der Waals surface area (Å²) >= 11 is 1.95. The number of H-pyrrole nitrogens is 1. The van der Waals surface area contributed by atoms with Crippen molar-refractivity contribution in [2.75, 3.05) is 12.8 Å². The predicted octanol–water partition coefficient (Wildman–Crippen LogP) is 2.30. The monoisotopic (exact) mass is 289 g/mol. The van der Waals surface area contributed by atoms with Crippen molar-refractivity contribution in [2.45, 2.75) is 30.6 Å². The first-order valence-corrected chi connectivity index (χ1v) is 8.19. The van der Waals surface area contributed by atoms with Crippen molar-refractivity contribution < 1.29 is 0 Å². The van der Waals surface area contributed by atoms with Crippen molar-refractivity contribution >= 4 is 22.7 Å². The van der Waals surface area contributed by atoms with E-state index >= 15 is 0 Å². The molecule has 2 N–H and O–H groups in total. The standard InChI is InChI=1S/C15H19N3OS/c1-20-15(7-4-8-15)10-16-9-13-17-12-6-3-2-5-11(12)14(19)18-13/h2-3,5-6,16H,4,7-10H2,1H3,(H,17,18,19). The highest BCUT2D eigenvalue weighted by Crippen LogP contribution is 2.42. The summed E-state index contributed by atoms with van der Waals surface area (Å²) in [5.74, 6) is 0.712. The maximum Gasteiger partial charge on any atom is 0.258 e. The normalized spacial score (nSPS) is 17.1. The molecule has 0 bridgehead atoms. The Morgan fingerprint density at radius 2 is 2.20 bits per heavy atom. The summed E-state index contributed by atoms with van der Waals surface area (Å²) in [6.07, 6.45) is 6.07. The van der Waals surface area contributed by atoms with E-state index < -0.39 is 0 Å². The molecule has 1 fully saturated rings. The number of thioether (sulfide) groups is 1. The first kappa shape index (κ1) is 13.6. The number of fused-ring (bicyclic) bond motifs is 1. The number of hydrogen-bond donors (Lipinski definition) is 2. The molecule has 0 unspecified atom stereocenters. The molecule has 0 amide bonds. The quantitative estimate of drug-likeness (QED) is 0.887. The Hall–Kier alpha value is -1.33. The second-order valence-corrected chi connectivity index (χ2v) is 6.65. The van der Waals surface area contributed by atoms with E-state index in [4.69, 9.17) is 0 Å². The first-order chi connectivity index (χ1) is 9.72. The van der Waals surface area contributed by atoms with Crippen LogP contribution in [-0.4, -0.2) is 27.5 Å². The molecule has 4 nitrogen and oxygen atoms in total. The molecule has 2 aromatic rings. The van der Waals surface area contributed by atoms with Gasteiger partial charge in [-0.25, -0.2) is 4.98 Å². The van der Waals surface area contributed by atoms with Crippen LogP contribution in [-0.2, 0) is 6.54 Å². The summed E-state index contributed by atoms with van der Waals surface area (Å²) in [7, 11) is 0. The highest BCUT2D eigenvalue weighted by Gasteiger charge is 2.35. The highest BCUT2D eigenvalue weighted by atomic mass is 32.2. The van der Waals surface area contributed by atoms with Gasteiger partial charge in [-0.05, 0) is 31.2 Å². The van der Waals surface area contributed by atoms with Crippen molar-refractivity contribution in [1.82, 2.24) is 15.3 Å². The van der Waals surface area contributed by atoms with E-state index in [1.54, 1.807) is 6.07 Å². The zero-order valence-corrected chi connectivity index (χ0v) is 12.4. The Morgan fingerprint density at radius 1 is 1.40 bits per heavy atom. The maximum absolute atomic E-state index is 12.0. The molecule has 0 aliphatic heterocycles. The highest BCUT2D eigenvalue weighted by molar-refractivity contribution is 8.00. The van der Waals surface area contributed by atoms with Crippen LogP contribution in [0.1, 0.15) is 25.1 Å². The summed E-state index contributed by atoms with van der Waals surface area (Å²) in [5, 5.41) is 4.08. The summed E-state index contributed by atoms with van der Waals surface area (Å²) in [4.78, 5) is 19.3. The number of aromatic nitrogens is 2. The number of benzene rings is 1. The molecule has 0 spiro atoms. The Bertz CT molecular complexity index is 658. The van der Waals surface area contributed by atoms with Crippen LogP contribution in [0.5, 0.6) is 0 Å². The van der Waals surface area contributed by atoms with Crippen LogP contribution in [0.2, 0.25) is 0 Å². The first-order valence-electron chi connectivity index (χ1n) is 6.96. The van der Waals surface area contributed by atoms with Gasteiger partial charge in [0.1, 0.15) is 5.82 Å². The summed E-state index contributed by atoms with van der Waals surface area (Å²) < 4.78 is 0.400. The third-order valence-corrected chi connectivity index (χ3v) is 5.52. The molecule has 1 heterocycles. The molecular weight excluding hydrogens is 270 g/mol. The van der Waals surface area contributed by atoms with Crippen LogP contribution >= 0.6 is 11.8 Å². The van der Waals surface area contributed by atoms with E-state index in [9.17, 15) is 4.79 Å². The van der Waals surface area contributed by atoms with E-state index in [0.717, 1.165) is 12.1 Å². The molecule has 1 aromatic carbocycles. The lowest BCUT2D eigenvalue weighted by Gasteiger charge is -2.40. The second-order valence-electron chi connectivity index (χ2n) is 5.37.